The maximum atomic E-state index is 12.9. The Kier molecular flexibility index (Phi) is 9.00. The summed E-state index contributed by atoms with van der Waals surface area (Å²) in [4.78, 5) is 25.8. The first-order valence-corrected chi connectivity index (χ1v) is 13.3. The first kappa shape index (κ1) is 26.5. The van der Waals surface area contributed by atoms with Gasteiger partial charge in [-0.1, -0.05) is 38.1 Å². The fourth-order valence-electron chi connectivity index (χ4n) is 3.57. The molecule has 4 aromatic rings. The molecule has 0 aliphatic heterocycles. The minimum Gasteiger partial charge on any atom is -0.494 e. The molecule has 0 N–H and O–H groups in total. The first-order chi connectivity index (χ1) is 18.0. The quantitative estimate of drug-likeness (QED) is 0.0797. The number of fused-ring (bicyclic) bond motifs is 1. The molecule has 0 fully saturated rings. The molecule has 0 aliphatic carbocycles. The minimum atomic E-state index is -0.524. The van der Waals surface area contributed by atoms with E-state index in [0.717, 1.165) is 18.2 Å². The van der Waals surface area contributed by atoms with Gasteiger partial charge >= 0.3 is 11.9 Å². The van der Waals surface area contributed by atoms with E-state index in [0.29, 0.717) is 46.1 Å². The van der Waals surface area contributed by atoms with Crippen LogP contribution in [0.3, 0.4) is 0 Å². The normalized spacial score (nSPS) is 11.5. The summed E-state index contributed by atoms with van der Waals surface area (Å²) in [6.45, 7) is 4.68. The average molecular weight is 610 g/mol. The second-order valence-corrected chi connectivity index (χ2v) is 9.61. The lowest BCUT2D eigenvalue weighted by molar-refractivity contribution is 0.0735. The number of hydrogen-bond donors (Lipinski definition) is 0. The zero-order chi connectivity index (χ0) is 26.2. The van der Waals surface area contributed by atoms with Crippen molar-refractivity contribution in [3.63, 3.8) is 0 Å². The standard InChI is InChI=1S/C30H27IO6/c1-3-19-34-23-15-11-21(12-16-23)29(32)36-25-9-5-7-20-8-6-10-26(28(20)25)37-30(33)22-13-17-24(18-14-22)35-27(31)4-2/h5-18,27H,3-4,19H2,1-2H3. The van der Waals surface area contributed by atoms with Crippen LogP contribution >= 0.6 is 22.6 Å². The van der Waals surface area contributed by atoms with Gasteiger partial charge in [0.2, 0.25) is 0 Å². The second kappa shape index (κ2) is 12.6. The molecule has 0 saturated carbocycles. The molecule has 4 aromatic carbocycles. The molecule has 4 rings (SSSR count). The van der Waals surface area contributed by atoms with Crippen molar-refractivity contribution in [1.29, 1.82) is 0 Å². The average Bonchev–Trinajstić information content (AvgIpc) is 2.92. The Morgan fingerprint density at radius 3 is 1.73 bits per heavy atom. The molecule has 1 atom stereocenters. The zero-order valence-corrected chi connectivity index (χ0v) is 22.8. The summed E-state index contributed by atoms with van der Waals surface area (Å²) < 4.78 is 22.9. The molecule has 0 saturated heterocycles. The van der Waals surface area contributed by atoms with Crippen LogP contribution in [0.15, 0.2) is 84.9 Å². The third-order valence-electron chi connectivity index (χ3n) is 5.47. The van der Waals surface area contributed by atoms with E-state index in [1.807, 2.05) is 26.0 Å². The van der Waals surface area contributed by atoms with Gasteiger partial charge in [-0.3, -0.25) is 0 Å². The fourth-order valence-corrected chi connectivity index (χ4v) is 3.86. The summed E-state index contributed by atoms with van der Waals surface area (Å²) in [6, 6.07) is 24.3. The highest BCUT2D eigenvalue weighted by Crippen LogP contribution is 2.35. The summed E-state index contributed by atoms with van der Waals surface area (Å²) in [5.41, 5.74) is 0.764. The number of carbonyl (C=O) groups excluding carboxylic acids is 2. The van der Waals surface area contributed by atoms with Crippen LogP contribution in [0.25, 0.3) is 10.8 Å². The molecule has 0 spiro atoms. The minimum absolute atomic E-state index is 0.0551. The monoisotopic (exact) mass is 610 g/mol. The predicted molar refractivity (Wildman–Crippen MR) is 151 cm³/mol. The Labute approximate surface area is 229 Å². The van der Waals surface area contributed by atoms with Crippen LogP contribution in [0.1, 0.15) is 47.4 Å². The van der Waals surface area contributed by atoms with E-state index in [4.69, 9.17) is 18.9 Å². The van der Waals surface area contributed by atoms with E-state index in [1.165, 1.54) is 0 Å². The van der Waals surface area contributed by atoms with Crippen LogP contribution < -0.4 is 18.9 Å². The Balaban J connectivity index is 1.54. The van der Waals surface area contributed by atoms with Crippen molar-refractivity contribution < 1.29 is 28.5 Å². The number of benzene rings is 4. The number of ether oxygens (including phenoxy) is 4. The van der Waals surface area contributed by atoms with E-state index in [1.54, 1.807) is 72.8 Å². The van der Waals surface area contributed by atoms with Gasteiger partial charge in [-0.2, -0.15) is 0 Å². The molecule has 0 bridgehead atoms. The highest BCUT2D eigenvalue weighted by molar-refractivity contribution is 14.1. The van der Waals surface area contributed by atoms with E-state index in [-0.39, 0.29) is 4.11 Å². The maximum Gasteiger partial charge on any atom is 0.343 e. The molecular weight excluding hydrogens is 583 g/mol. The Morgan fingerprint density at radius 1 is 0.730 bits per heavy atom. The molecule has 0 heterocycles. The van der Waals surface area contributed by atoms with Gasteiger partial charge in [-0.15, -0.1) is 0 Å². The van der Waals surface area contributed by atoms with Crippen LogP contribution in [0.5, 0.6) is 23.0 Å². The first-order valence-electron chi connectivity index (χ1n) is 12.1. The highest BCUT2D eigenvalue weighted by atomic mass is 127. The van der Waals surface area contributed by atoms with Crippen LogP contribution in [0, 0.1) is 0 Å². The molecule has 0 radical (unpaired) electrons. The topological polar surface area (TPSA) is 71.1 Å². The van der Waals surface area contributed by atoms with Crippen molar-refractivity contribution in [3.05, 3.63) is 96.1 Å². The number of carbonyl (C=O) groups is 2. The molecule has 1 unspecified atom stereocenters. The smallest absolute Gasteiger partial charge is 0.343 e. The summed E-state index contributed by atoms with van der Waals surface area (Å²) >= 11 is 2.22. The van der Waals surface area contributed by atoms with Gasteiger partial charge in [0.25, 0.3) is 0 Å². The lowest BCUT2D eigenvalue weighted by Crippen LogP contribution is -2.11. The summed E-state index contributed by atoms with van der Waals surface area (Å²) in [5, 5.41) is 1.31. The van der Waals surface area contributed by atoms with E-state index in [2.05, 4.69) is 22.6 Å². The van der Waals surface area contributed by atoms with Gasteiger partial charge in [0.05, 0.1) is 23.1 Å². The molecule has 0 amide bonds. The van der Waals surface area contributed by atoms with Crippen molar-refractivity contribution in [2.45, 2.75) is 30.8 Å². The van der Waals surface area contributed by atoms with E-state index >= 15 is 0 Å². The molecular formula is C30H27IO6. The number of halogens is 1. The van der Waals surface area contributed by atoms with Crippen molar-refractivity contribution in [2.24, 2.45) is 0 Å². The predicted octanol–water partition coefficient (Wildman–Crippen LogP) is 7.62. The van der Waals surface area contributed by atoms with Gasteiger partial charge in [-0.05, 0) is 101 Å². The van der Waals surface area contributed by atoms with Gasteiger partial charge in [0.1, 0.15) is 27.1 Å². The lowest BCUT2D eigenvalue weighted by atomic mass is 10.1. The molecule has 190 valence electrons. The number of esters is 2. The third kappa shape index (κ3) is 6.80. The highest BCUT2D eigenvalue weighted by Gasteiger charge is 2.17. The van der Waals surface area contributed by atoms with Gasteiger partial charge in [0, 0.05) is 0 Å². The largest absolute Gasteiger partial charge is 0.494 e. The number of rotatable bonds is 10. The Morgan fingerprint density at radius 2 is 1.24 bits per heavy atom. The summed E-state index contributed by atoms with van der Waals surface area (Å²) in [7, 11) is 0. The lowest BCUT2D eigenvalue weighted by Gasteiger charge is -2.13. The zero-order valence-electron chi connectivity index (χ0n) is 20.6. The van der Waals surface area contributed by atoms with Crippen LogP contribution in [-0.2, 0) is 0 Å². The summed E-state index contributed by atoms with van der Waals surface area (Å²) in [5.74, 6) is 0.927. The van der Waals surface area contributed by atoms with Gasteiger partial charge in [0.15, 0.2) is 0 Å². The summed E-state index contributed by atoms with van der Waals surface area (Å²) in [6.07, 6.45) is 1.77. The Hall–Kier alpha value is -3.59. The molecule has 7 heteroatoms. The molecule has 0 aromatic heterocycles. The number of alkyl halides is 1. The van der Waals surface area contributed by atoms with Crippen molar-refractivity contribution in [1.82, 2.24) is 0 Å². The van der Waals surface area contributed by atoms with Gasteiger partial charge in [-0.25, -0.2) is 9.59 Å². The van der Waals surface area contributed by atoms with E-state index < -0.39 is 11.9 Å². The Bertz CT molecular complexity index is 1360. The molecule has 0 aliphatic rings. The van der Waals surface area contributed by atoms with Crippen LogP contribution in [-0.4, -0.2) is 22.7 Å². The van der Waals surface area contributed by atoms with Crippen molar-refractivity contribution in [3.8, 4) is 23.0 Å². The van der Waals surface area contributed by atoms with Crippen LogP contribution in [0.2, 0.25) is 0 Å². The van der Waals surface area contributed by atoms with Gasteiger partial charge < -0.3 is 18.9 Å². The van der Waals surface area contributed by atoms with Crippen LogP contribution in [0.4, 0.5) is 0 Å². The van der Waals surface area contributed by atoms with E-state index in [9.17, 15) is 9.59 Å². The number of hydrogen-bond acceptors (Lipinski definition) is 6. The second-order valence-electron chi connectivity index (χ2n) is 8.22. The van der Waals surface area contributed by atoms with Crippen molar-refractivity contribution in [2.75, 3.05) is 6.61 Å². The molecule has 37 heavy (non-hydrogen) atoms. The third-order valence-corrected chi connectivity index (χ3v) is 6.61. The SMILES string of the molecule is CCCOc1ccc(C(=O)Oc2cccc3cccc(OC(=O)c4ccc(OC(I)CC)cc4)c23)cc1. The molecule has 6 nitrogen and oxygen atoms in total. The van der Waals surface area contributed by atoms with Crippen molar-refractivity contribution >= 4 is 45.3 Å². The fraction of sp³-hybridized carbons (Fsp3) is 0.200. The maximum absolute atomic E-state index is 12.9.